The fourth-order valence-electron chi connectivity index (χ4n) is 4.11. The standard InChI is InChI=1S/C23H25FN4O2/c1-3-21(29)26-16-9-10-28(13-16)20-8-7-15(11-18(20)24)25-12-17-22-14(2)5-4-6-19(22)27-23(17)30/h4-8,11-12,16-17H,3,9-10,13H2,1-2H3,(H,26,29)(H,27,30). The van der Waals surface area contributed by atoms with Crippen LogP contribution >= 0.6 is 0 Å². The topological polar surface area (TPSA) is 73.8 Å². The minimum Gasteiger partial charge on any atom is -0.367 e. The van der Waals surface area contributed by atoms with Gasteiger partial charge in [-0.2, -0.15) is 0 Å². The zero-order valence-electron chi connectivity index (χ0n) is 17.1. The van der Waals surface area contributed by atoms with Gasteiger partial charge in [-0.25, -0.2) is 4.39 Å². The Morgan fingerprint density at radius 1 is 1.37 bits per heavy atom. The third-order valence-electron chi connectivity index (χ3n) is 5.69. The lowest BCUT2D eigenvalue weighted by molar-refractivity contribution is -0.121. The second-order valence-corrected chi connectivity index (χ2v) is 7.77. The second-order valence-electron chi connectivity index (χ2n) is 7.77. The Balaban J connectivity index is 1.47. The molecule has 2 heterocycles. The van der Waals surface area contributed by atoms with E-state index in [1.807, 2.05) is 36.9 Å². The van der Waals surface area contributed by atoms with E-state index < -0.39 is 5.92 Å². The van der Waals surface area contributed by atoms with Crippen molar-refractivity contribution >= 4 is 35.1 Å². The molecule has 4 rings (SSSR count). The highest BCUT2D eigenvalue weighted by molar-refractivity contribution is 6.13. The molecule has 2 N–H and O–H groups in total. The van der Waals surface area contributed by atoms with E-state index in [2.05, 4.69) is 15.6 Å². The molecule has 2 unspecified atom stereocenters. The van der Waals surface area contributed by atoms with E-state index in [0.717, 1.165) is 23.2 Å². The fourth-order valence-corrected chi connectivity index (χ4v) is 4.11. The highest BCUT2D eigenvalue weighted by Gasteiger charge is 2.30. The summed E-state index contributed by atoms with van der Waals surface area (Å²) in [5.41, 5.74) is 3.70. The van der Waals surface area contributed by atoms with Gasteiger partial charge in [-0.1, -0.05) is 19.1 Å². The van der Waals surface area contributed by atoms with Crippen LogP contribution < -0.4 is 15.5 Å². The SMILES string of the molecule is CCC(=O)NC1CCN(c2ccc(N=CC3C(=O)Nc4cccc(C)c43)cc2F)C1. The Labute approximate surface area is 175 Å². The minimum absolute atomic E-state index is 0.0137. The van der Waals surface area contributed by atoms with E-state index in [1.165, 1.54) is 6.07 Å². The predicted molar refractivity (Wildman–Crippen MR) is 116 cm³/mol. The molecule has 1 saturated heterocycles. The van der Waals surface area contributed by atoms with Crippen LogP contribution in [0.25, 0.3) is 0 Å². The van der Waals surface area contributed by atoms with Crippen LogP contribution in [0.3, 0.4) is 0 Å². The first-order valence-corrected chi connectivity index (χ1v) is 10.2. The van der Waals surface area contributed by atoms with Gasteiger partial charge in [0.1, 0.15) is 11.7 Å². The van der Waals surface area contributed by atoms with Gasteiger partial charge >= 0.3 is 0 Å². The summed E-state index contributed by atoms with van der Waals surface area (Å²) in [5, 5.41) is 5.83. The number of amides is 2. The van der Waals surface area contributed by atoms with Crippen LogP contribution in [0.4, 0.5) is 21.5 Å². The van der Waals surface area contributed by atoms with Crippen LogP contribution in [0.5, 0.6) is 0 Å². The lowest BCUT2D eigenvalue weighted by Gasteiger charge is -2.20. The second kappa shape index (κ2) is 8.26. The van der Waals surface area contributed by atoms with Gasteiger partial charge in [0, 0.05) is 43.5 Å². The molecule has 0 saturated carbocycles. The number of carbonyl (C=O) groups is 2. The van der Waals surface area contributed by atoms with Gasteiger partial charge in [0.2, 0.25) is 11.8 Å². The lowest BCUT2D eigenvalue weighted by Crippen LogP contribution is -2.36. The van der Waals surface area contributed by atoms with Gasteiger partial charge < -0.3 is 15.5 Å². The summed E-state index contributed by atoms with van der Waals surface area (Å²) in [7, 11) is 0. The molecule has 2 atom stereocenters. The Hall–Kier alpha value is -3.22. The van der Waals surface area contributed by atoms with Crippen molar-refractivity contribution in [1.82, 2.24) is 5.32 Å². The number of aliphatic imine (C=N–C) groups is 1. The van der Waals surface area contributed by atoms with Crippen molar-refractivity contribution in [2.24, 2.45) is 4.99 Å². The van der Waals surface area contributed by atoms with Gasteiger partial charge in [0.05, 0.1) is 11.4 Å². The molecule has 6 nitrogen and oxygen atoms in total. The van der Waals surface area contributed by atoms with E-state index in [0.29, 0.717) is 30.9 Å². The number of halogens is 1. The van der Waals surface area contributed by atoms with Crippen molar-refractivity contribution in [3.05, 3.63) is 53.3 Å². The quantitative estimate of drug-likeness (QED) is 0.742. The Kier molecular flexibility index (Phi) is 5.53. The number of fused-ring (bicyclic) bond motifs is 1. The number of anilines is 2. The molecule has 1 fully saturated rings. The zero-order valence-corrected chi connectivity index (χ0v) is 17.1. The number of hydrogen-bond acceptors (Lipinski definition) is 4. The van der Waals surface area contributed by atoms with E-state index >= 15 is 0 Å². The van der Waals surface area contributed by atoms with Crippen molar-refractivity contribution in [2.45, 2.75) is 38.6 Å². The normalized spacial score (nSPS) is 20.5. The number of rotatable bonds is 5. The van der Waals surface area contributed by atoms with Crippen molar-refractivity contribution in [3.63, 3.8) is 0 Å². The maximum atomic E-state index is 14.8. The highest BCUT2D eigenvalue weighted by Crippen LogP contribution is 2.34. The first kappa shape index (κ1) is 20.1. The summed E-state index contributed by atoms with van der Waals surface area (Å²) in [6, 6.07) is 10.6. The average Bonchev–Trinajstić information content (AvgIpc) is 3.30. The molecule has 2 amide bonds. The highest BCUT2D eigenvalue weighted by atomic mass is 19.1. The van der Waals surface area contributed by atoms with Crippen molar-refractivity contribution in [3.8, 4) is 0 Å². The minimum atomic E-state index is -0.481. The summed E-state index contributed by atoms with van der Waals surface area (Å²) in [6.07, 6.45) is 2.82. The van der Waals surface area contributed by atoms with Gasteiger partial charge in [0.15, 0.2) is 0 Å². The van der Waals surface area contributed by atoms with Gasteiger partial charge in [-0.3, -0.25) is 14.6 Å². The summed E-state index contributed by atoms with van der Waals surface area (Å²) in [4.78, 5) is 30.2. The maximum Gasteiger partial charge on any atom is 0.237 e. The molecule has 7 heteroatoms. The van der Waals surface area contributed by atoms with Crippen molar-refractivity contribution in [2.75, 3.05) is 23.3 Å². The van der Waals surface area contributed by atoms with Crippen LogP contribution in [0.2, 0.25) is 0 Å². The van der Waals surface area contributed by atoms with Crippen LogP contribution in [0.1, 0.15) is 36.8 Å². The number of nitrogens with zero attached hydrogens (tertiary/aromatic N) is 2. The molecule has 2 aromatic carbocycles. The number of carbonyl (C=O) groups excluding carboxylic acids is 2. The van der Waals surface area contributed by atoms with E-state index in [-0.39, 0.29) is 23.7 Å². The monoisotopic (exact) mass is 408 g/mol. The Bertz CT molecular complexity index is 1020. The van der Waals surface area contributed by atoms with E-state index in [4.69, 9.17) is 0 Å². The molecule has 0 bridgehead atoms. The number of benzene rings is 2. The lowest BCUT2D eigenvalue weighted by atomic mass is 9.97. The third-order valence-corrected chi connectivity index (χ3v) is 5.69. The summed E-state index contributed by atoms with van der Waals surface area (Å²) in [6.45, 7) is 5.05. The van der Waals surface area contributed by atoms with Crippen LogP contribution in [0.15, 0.2) is 41.4 Å². The summed E-state index contributed by atoms with van der Waals surface area (Å²) < 4.78 is 14.8. The molecule has 0 radical (unpaired) electrons. The average molecular weight is 408 g/mol. The largest absolute Gasteiger partial charge is 0.367 e. The first-order chi connectivity index (χ1) is 14.5. The van der Waals surface area contributed by atoms with Gasteiger partial charge in [-0.15, -0.1) is 0 Å². The third kappa shape index (κ3) is 3.92. The molecular formula is C23H25FN4O2. The molecule has 0 aliphatic carbocycles. The molecule has 2 aliphatic rings. The fraction of sp³-hybridized carbons (Fsp3) is 0.348. The zero-order chi connectivity index (χ0) is 21.3. The molecule has 0 spiro atoms. The number of hydrogen-bond donors (Lipinski definition) is 2. The molecule has 156 valence electrons. The predicted octanol–water partition coefficient (Wildman–Crippen LogP) is 3.68. The molecule has 30 heavy (non-hydrogen) atoms. The Morgan fingerprint density at radius 3 is 2.97 bits per heavy atom. The van der Waals surface area contributed by atoms with Gasteiger partial charge in [0.25, 0.3) is 0 Å². The van der Waals surface area contributed by atoms with Crippen molar-refractivity contribution in [1.29, 1.82) is 0 Å². The van der Waals surface area contributed by atoms with Crippen molar-refractivity contribution < 1.29 is 14.0 Å². The smallest absolute Gasteiger partial charge is 0.237 e. The molecule has 2 aliphatic heterocycles. The van der Waals surface area contributed by atoms with Gasteiger partial charge in [-0.05, 0) is 42.7 Å². The maximum absolute atomic E-state index is 14.8. The molecule has 2 aromatic rings. The van der Waals surface area contributed by atoms with Crippen LogP contribution in [0, 0.1) is 12.7 Å². The van der Waals surface area contributed by atoms with E-state index in [9.17, 15) is 14.0 Å². The van der Waals surface area contributed by atoms with Crippen LogP contribution in [-0.4, -0.2) is 37.2 Å². The van der Waals surface area contributed by atoms with E-state index in [1.54, 1.807) is 18.3 Å². The Morgan fingerprint density at radius 2 is 2.20 bits per heavy atom. The van der Waals surface area contributed by atoms with Crippen LogP contribution in [-0.2, 0) is 9.59 Å². The first-order valence-electron chi connectivity index (χ1n) is 10.2. The molecule has 0 aromatic heterocycles. The molecular weight excluding hydrogens is 383 g/mol. The number of nitrogens with one attached hydrogen (secondary N) is 2. The summed E-state index contributed by atoms with van der Waals surface area (Å²) in [5.74, 6) is -0.956. The number of aryl methyl sites for hydroxylation is 1. The summed E-state index contributed by atoms with van der Waals surface area (Å²) >= 11 is 0.